The van der Waals surface area contributed by atoms with Crippen molar-refractivity contribution in [3.8, 4) is 16.9 Å². The molecule has 1 aromatic heterocycles. The van der Waals surface area contributed by atoms with Gasteiger partial charge in [-0.2, -0.15) is 0 Å². The molecule has 94 valence electrons. The molecule has 1 heterocycles. The first kappa shape index (κ1) is 12.6. The number of hydrogen-bond donors (Lipinski definition) is 0. The van der Waals surface area contributed by atoms with Crippen LogP contribution in [0.5, 0.6) is 5.75 Å². The lowest BCUT2D eigenvalue weighted by atomic mass is 10.0. The molecule has 2 nitrogen and oxygen atoms in total. The maximum Gasteiger partial charge on any atom is 0.118 e. The van der Waals surface area contributed by atoms with E-state index in [0.717, 1.165) is 17.1 Å². The molecular formula is C16H19NO. The molecule has 0 saturated carbocycles. The molecule has 2 aromatic rings. The Morgan fingerprint density at radius 1 is 1.00 bits per heavy atom. The molecule has 0 aliphatic rings. The number of hydrogen-bond acceptors (Lipinski definition) is 2. The molecule has 2 rings (SSSR count). The molecule has 0 aliphatic heterocycles. The van der Waals surface area contributed by atoms with Crippen molar-refractivity contribution in [2.24, 2.45) is 0 Å². The van der Waals surface area contributed by atoms with Crippen molar-refractivity contribution in [2.45, 2.75) is 26.7 Å². The third-order valence-corrected chi connectivity index (χ3v) is 2.99. The van der Waals surface area contributed by atoms with Crippen LogP contribution in [0, 0.1) is 6.92 Å². The standard InChI is InChI=1S/C16H19NO/c1-11(2)16-10-14(9-12(3)17-16)13-5-7-15(18-4)8-6-13/h5-11H,1-4H3. The second-order valence-corrected chi connectivity index (χ2v) is 4.81. The van der Waals surface area contributed by atoms with E-state index in [1.54, 1.807) is 7.11 Å². The Morgan fingerprint density at radius 3 is 2.22 bits per heavy atom. The van der Waals surface area contributed by atoms with Gasteiger partial charge in [0, 0.05) is 11.4 Å². The van der Waals surface area contributed by atoms with Crippen molar-refractivity contribution < 1.29 is 4.74 Å². The lowest BCUT2D eigenvalue weighted by Gasteiger charge is -2.10. The van der Waals surface area contributed by atoms with Gasteiger partial charge < -0.3 is 4.74 Å². The Hall–Kier alpha value is -1.83. The fourth-order valence-electron chi connectivity index (χ4n) is 1.94. The minimum absolute atomic E-state index is 0.446. The van der Waals surface area contributed by atoms with Crippen molar-refractivity contribution in [3.63, 3.8) is 0 Å². The molecule has 1 aromatic carbocycles. The number of benzene rings is 1. The zero-order chi connectivity index (χ0) is 13.1. The quantitative estimate of drug-likeness (QED) is 0.804. The first-order valence-electron chi connectivity index (χ1n) is 6.23. The third kappa shape index (κ3) is 2.70. The number of nitrogens with zero attached hydrogens (tertiary/aromatic N) is 1. The molecule has 2 heteroatoms. The van der Waals surface area contributed by atoms with Gasteiger partial charge in [0.25, 0.3) is 0 Å². The molecule has 0 unspecified atom stereocenters. The van der Waals surface area contributed by atoms with Gasteiger partial charge in [0.05, 0.1) is 7.11 Å². The number of aryl methyl sites for hydroxylation is 1. The zero-order valence-electron chi connectivity index (χ0n) is 11.4. The van der Waals surface area contributed by atoms with Crippen molar-refractivity contribution >= 4 is 0 Å². The van der Waals surface area contributed by atoms with E-state index in [1.807, 2.05) is 19.1 Å². The molecule has 0 spiro atoms. The predicted octanol–water partition coefficient (Wildman–Crippen LogP) is 4.19. The van der Waals surface area contributed by atoms with Gasteiger partial charge in [-0.25, -0.2) is 0 Å². The SMILES string of the molecule is COc1ccc(-c2cc(C)nc(C(C)C)c2)cc1. The summed E-state index contributed by atoms with van der Waals surface area (Å²) >= 11 is 0. The van der Waals surface area contributed by atoms with Crippen LogP contribution < -0.4 is 4.74 Å². The van der Waals surface area contributed by atoms with Gasteiger partial charge in [-0.3, -0.25) is 4.98 Å². The van der Waals surface area contributed by atoms with Crippen LogP contribution in [0.1, 0.15) is 31.2 Å². The Labute approximate surface area is 109 Å². The minimum Gasteiger partial charge on any atom is -0.497 e. The average molecular weight is 241 g/mol. The van der Waals surface area contributed by atoms with Gasteiger partial charge in [0.2, 0.25) is 0 Å². The molecular weight excluding hydrogens is 222 g/mol. The van der Waals surface area contributed by atoms with Crippen LogP contribution in [0.3, 0.4) is 0 Å². The van der Waals surface area contributed by atoms with Gasteiger partial charge in [-0.15, -0.1) is 0 Å². The second kappa shape index (κ2) is 5.21. The van der Waals surface area contributed by atoms with Crippen molar-refractivity contribution in [1.82, 2.24) is 4.98 Å². The van der Waals surface area contributed by atoms with E-state index < -0.39 is 0 Å². The van der Waals surface area contributed by atoms with Crippen molar-refractivity contribution in [1.29, 1.82) is 0 Å². The molecule has 0 radical (unpaired) electrons. The first-order chi connectivity index (χ1) is 8.60. The number of ether oxygens (including phenoxy) is 1. The lowest BCUT2D eigenvalue weighted by Crippen LogP contribution is -1.95. The molecule has 0 saturated heterocycles. The van der Waals surface area contributed by atoms with Crippen LogP contribution in [0.2, 0.25) is 0 Å². The maximum atomic E-state index is 5.18. The first-order valence-corrected chi connectivity index (χ1v) is 6.23. The van der Waals surface area contributed by atoms with Crippen LogP contribution in [0.4, 0.5) is 0 Å². The van der Waals surface area contributed by atoms with E-state index in [-0.39, 0.29) is 0 Å². The van der Waals surface area contributed by atoms with Crippen LogP contribution >= 0.6 is 0 Å². The van der Waals surface area contributed by atoms with Crippen LogP contribution in [-0.4, -0.2) is 12.1 Å². The van der Waals surface area contributed by atoms with Crippen LogP contribution in [0.15, 0.2) is 36.4 Å². The van der Waals surface area contributed by atoms with Gasteiger partial charge in [-0.05, 0) is 48.2 Å². The van der Waals surface area contributed by atoms with E-state index in [4.69, 9.17) is 4.74 Å². The van der Waals surface area contributed by atoms with E-state index >= 15 is 0 Å². The van der Waals surface area contributed by atoms with E-state index in [2.05, 4.69) is 43.1 Å². The van der Waals surface area contributed by atoms with E-state index in [1.165, 1.54) is 11.1 Å². The highest BCUT2D eigenvalue weighted by Gasteiger charge is 2.06. The maximum absolute atomic E-state index is 5.18. The van der Waals surface area contributed by atoms with Gasteiger partial charge in [0.1, 0.15) is 5.75 Å². The largest absolute Gasteiger partial charge is 0.497 e. The fraction of sp³-hybridized carbons (Fsp3) is 0.312. The third-order valence-electron chi connectivity index (χ3n) is 2.99. The number of rotatable bonds is 3. The summed E-state index contributed by atoms with van der Waals surface area (Å²) in [7, 11) is 1.68. The highest BCUT2D eigenvalue weighted by atomic mass is 16.5. The Morgan fingerprint density at radius 2 is 1.67 bits per heavy atom. The topological polar surface area (TPSA) is 22.1 Å². The Balaban J connectivity index is 2.42. The van der Waals surface area contributed by atoms with Gasteiger partial charge >= 0.3 is 0 Å². The zero-order valence-corrected chi connectivity index (χ0v) is 11.4. The molecule has 0 amide bonds. The minimum atomic E-state index is 0.446. The van der Waals surface area contributed by atoms with Crippen LogP contribution in [0.25, 0.3) is 11.1 Å². The van der Waals surface area contributed by atoms with Gasteiger partial charge in [-0.1, -0.05) is 26.0 Å². The fourth-order valence-corrected chi connectivity index (χ4v) is 1.94. The molecule has 0 atom stereocenters. The molecule has 0 fully saturated rings. The molecule has 0 aliphatic carbocycles. The summed E-state index contributed by atoms with van der Waals surface area (Å²) in [5, 5.41) is 0. The summed E-state index contributed by atoms with van der Waals surface area (Å²) in [6.07, 6.45) is 0. The summed E-state index contributed by atoms with van der Waals surface area (Å²) < 4.78 is 5.18. The number of pyridine rings is 1. The summed E-state index contributed by atoms with van der Waals surface area (Å²) in [4.78, 5) is 4.57. The normalized spacial score (nSPS) is 10.7. The monoisotopic (exact) mass is 241 g/mol. The summed E-state index contributed by atoms with van der Waals surface area (Å²) in [6, 6.07) is 12.4. The summed E-state index contributed by atoms with van der Waals surface area (Å²) in [6.45, 7) is 6.37. The highest BCUT2D eigenvalue weighted by Crippen LogP contribution is 2.25. The molecule has 0 bridgehead atoms. The highest BCUT2D eigenvalue weighted by molar-refractivity contribution is 5.65. The Kier molecular flexibility index (Phi) is 3.66. The molecule has 0 N–H and O–H groups in total. The van der Waals surface area contributed by atoms with Gasteiger partial charge in [0.15, 0.2) is 0 Å². The summed E-state index contributed by atoms with van der Waals surface area (Å²) in [5.74, 6) is 1.33. The Bertz CT molecular complexity index is 529. The second-order valence-electron chi connectivity index (χ2n) is 4.81. The van der Waals surface area contributed by atoms with Crippen molar-refractivity contribution in [2.75, 3.05) is 7.11 Å². The average Bonchev–Trinajstić information content (AvgIpc) is 2.38. The predicted molar refractivity (Wildman–Crippen MR) is 75.1 cm³/mol. The lowest BCUT2D eigenvalue weighted by molar-refractivity contribution is 0.415. The van der Waals surface area contributed by atoms with Crippen molar-refractivity contribution in [3.05, 3.63) is 47.8 Å². The van der Waals surface area contributed by atoms with E-state index in [0.29, 0.717) is 5.92 Å². The smallest absolute Gasteiger partial charge is 0.118 e. The molecule has 18 heavy (non-hydrogen) atoms. The summed E-state index contributed by atoms with van der Waals surface area (Å²) in [5.41, 5.74) is 4.62. The number of aromatic nitrogens is 1. The van der Waals surface area contributed by atoms with E-state index in [9.17, 15) is 0 Å². The van der Waals surface area contributed by atoms with Crippen LogP contribution in [-0.2, 0) is 0 Å². The number of methoxy groups -OCH3 is 1.